The van der Waals surface area contributed by atoms with Crippen molar-refractivity contribution in [3.63, 3.8) is 0 Å². The van der Waals surface area contributed by atoms with Gasteiger partial charge in [-0.2, -0.15) is 18.3 Å². The van der Waals surface area contributed by atoms with E-state index in [0.29, 0.717) is 30.2 Å². The zero-order valence-electron chi connectivity index (χ0n) is 19.0. The Labute approximate surface area is 199 Å². The first-order valence-electron chi connectivity index (χ1n) is 11.5. The highest BCUT2D eigenvalue weighted by atomic mass is 19.4. The molecule has 184 valence electrons. The number of aromatic nitrogens is 4. The summed E-state index contributed by atoms with van der Waals surface area (Å²) in [4.78, 5) is 21.7. The van der Waals surface area contributed by atoms with E-state index in [1.807, 2.05) is 17.8 Å². The predicted molar refractivity (Wildman–Crippen MR) is 123 cm³/mol. The molecule has 3 aromatic rings. The third kappa shape index (κ3) is 5.00. The lowest BCUT2D eigenvalue weighted by molar-refractivity contribution is -0.156. The molecule has 0 aliphatic carbocycles. The fourth-order valence-electron chi connectivity index (χ4n) is 5.22. The third-order valence-corrected chi connectivity index (χ3v) is 6.83. The molecule has 8 nitrogen and oxygen atoms in total. The van der Waals surface area contributed by atoms with Gasteiger partial charge in [0.25, 0.3) is 0 Å². The number of nitrogens with one attached hydrogen (secondary N) is 1. The second kappa shape index (κ2) is 8.95. The number of hydrogen-bond acceptors (Lipinski definition) is 6. The number of aryl methyl sites for hydroxylation is 1. The van der Waals surface area contributed by atoms with Gasteiger partial charge in [-0.05, 0) is 50.3 Å². The Morgan fingerprint density at radius 1 is 1.11 bits per heavy atom. The van der Waals surface area contributed by atoms with Crippen LogP contribution in [0.1, 0.15) is 47.6 Å². The summed E-state index contributed by atoms with van der Waals surface area (Å²) >= 11 is 0. The maximum atomic E-state index is 13.0. The van der Waals surface area contributed by atoms with Gasteiger partial charge in [0.2, 0.25) is 5.95 Å². The standard InChI is InChI=1S/C24H25F3N6O2/c1-14-10-28-23(31-21(14)15-2-4-16(5-3-15)22(34)35)30-17-11-29-33(12-17)20-8-18-6-7-19(9-20)32(18)13-24(25,26)27/h2-5,10-12,18-20H,6-9,13H2,1H3,(H,34,35)(H,28,30,31). The molecule has 0 spiro atoms. The molecule has 11 heteroatoms. The molecule has 0 amide bonds. The Kier molecular flexibility index (Phi) is 5.96. The largest absolute Gasteiger partial charge is 0.478 e. The molecular formula is C24H25F3N6O2. The Hall–Kier alpha value is -3.47. The number of rotatable bonds is 6. The van der Waals surface area contributed by atoms with Crippen LogP contribution in [0.3, 0.4) is 0 Å². The zero-order chi connectivity index (χ0) is 24.7. The maximum absolute atomic E-state index is 13.0. The van der Waals surface area contributed by atoms with E-state index in [-0.39, 0.29) is 23.7 Å². The van der Waals surface area contributed by atoms with Crippen LogP contribution in [-0.4, -0.2) is 60.5 Å². The average molecular weight is 486 g/mol. The van der Waals surface area contributed by atoms with E-state index in [4.69, 9.17) is 5.11 Å². The first-order chi connectivity index (χ1) is 16.7. The number of hydrogen-bond donors (Lipinski definition) is 2. The van der Waals surface area contributed by atoms with Gasteiger partial charge in [0, 0.05) is 30.0 Å². The van der Waals surface area contributed by atoms with Gasteiger partial charge in [0.1, 0.15) is 0 Å². The van der Waals surface area contributed by atoms with E-state index in [2.05, 4.69) is 20.4 Å². The van der Waals surface area contributed by atoms with Crippen molar-refractivity contribution in [2.45, 2.75) is 56.9 Å². The number of anilines is 2. The van der Waals surface area contributed by atoms with E-state index in [1.54, 1.807) is 29.4 Å². The molecule has 2 saturated heterocycles. The third-order valence-electron chi connectivity index (χ3n) is 6.83. The molecule has 1 aromatic carbocycles. The number of halogens is 3. The van der Waals surface area contributed by atoms with Crippen molar-refractivity contribution in [3.8, 4) is 11.3 Å². The van der Waals surface area contributed by atoms with Crippen LogP contribution >= 0.6 is 0 Å². The van der Waals surface area contributed by atoms with Gasteiger partial charge in [-0.1, -0.05) is 12.1 Å². The quantitative estimate of drug-likeness (QED) is 0.516. The van der Waals surface area contributed by atoms with Gasteiger partial charge in [0.15, 0.2) is 0 Å². The lowest BCUT2D eigenvalue weighted by atomic mass is 9.97. The first kappa shape index (κ1) is 23.3. The van der Waals surface area contributed by atoms with E-state index < -0.39 is 18.7 Å². The second-order valence-corrected chi connectivity index (χ2v) is 9.24. The molecule has 2 N–H and O–H groups in total. The molecule has 4 heterocycles. The number of carboxylic acid groups (broad SMARTS) is 1. The molecule has 2 aromatic heterocycles. The number of alkyl halides is 3. The van der Waals surface area contributed by atoms with E-state index >= 15 is 0 Å². The maximum Gasteiger partial charge on any atom is 0.401 e. The molecule has 35 heavy (non-hydrogen) atoms. The summed E-state index contributed by atoms with van der Waals surface area (Å²) in [5.41, 5.74) is 3.18. The van der Waals surface area contributed by atoms with Crippen LogP contribution < -0.4 is 5.32 Å². The topological polar surface area (TPSA) is 96.2 Å². The summed E-state index contributed by atoms with van der Waals surface area (Å²) in [7, 11) is 0. The number of aromatic carboxylic acids is 1. The molecule has 2 bridgehead atoms. The number of fused-ring (bicyclic) bond motifs is 2. The van der Waals surface area contributed by atoms with Crippen LogP contribution in [0.2, 0.25) is 0 Å². The van der Waals surface area contributed by atoms with Crippen molar-refractivity contribution in [1.82, 2.24) is 24.6 Å². The molecule has 5 rings (SSSR count). The van der Waals surface area contributed by atoms with Gasteiger partial charge in [0.05, 0.1) is 35.7 Å². The molecule has 2 aliphatic rings. The average Bonchev–Trinajstić information content (AvgIpc) is 3.34. The predicted octanol–water partition coefficient (Wildman–Crippen LogP) is 4.82. The number of carbonyl (C=O) groups is 1. The van der Waals surface area contributed by atoms with E-state index in [9.17, 15) is 18.0 Å². The summed E-state index contributed by atoms with van der Waals surface area (Å²) in [6.45, 7) is 1.04. The fraction of sp³-hybridized carbons (Fsp3) is 0.417. The summed E-state index contributed by atoms with van der Waals surface area (Å²) in [6, 6.07) is 6.38. The van der Waals surface area contributed by atoms with E-state index in [0.717, 1.165) is 24.0 Å². The van der Waals surface area contributed by atoms with Crippen molar-refractivity contribution >= 4 is 17.6 Å². The fourth-order valence-corrected chi connectivity index (χ4v) is 5.22. The monoisotopic (exact) mass is 486 g/mol. The Morgan fingerprint density at radius 3 is 2.43 bits per heavy atom. The number of carboxylic acids is 1. The molecule has 2 fully saturated rings. The van der Waals surface area contributed by atoms with Gasteiger partial charge in [-0.15, -0.1) is 0 Å². The molecule has 2 unspecified atom stereocenters. The summed E-state index contributed by atoms with van der Waals surface area (Å²) in [5.74, 6) is -0.623. The highest BCUT2D eigenvalue weighted by Gasteiger charge is 2.45. The normalized spacial score (nSPS) is 22.3. The van der Waals surface area contributed by atoms with Crippen molar-refractivity contribution in [3.05, 3.63) is 54.0 Å². The number of nitrogens with zero attached hydrogens (tertiary/aromatic N) is 5. The van der Waals surface area contributed by atoms with Crippen LogP contribution in [0.4, 0.5) is 24.8 Å². The minimum Gasteiger partial charge on any atom is -0.478 e. The Balaban J connectivity index is 1.28. The lowest BCUT2D eigenvalue weighted by Crippen LogP contribution is -2.47. The lowest BCUT2D eigenvalue weighted by Gasteiger charge is -2.39. The van der Waals surface area contributed by atoms with Crippen LogP contribution in [0, 0.1) is 6.92 Å². The first-order valence-corrected chi connectivity index (χ1v) is 11.5. The smallest absolute Gasteiger partial charge is 0.401 e. The molecule has 0 saturated carbocycles. The van der Waals surface area contributed by atoms with Gasteiger partial charge in [-0.3, -0.25) is 9.58 Å². The molecular weight excluding hydrogens is 461 g/mol. The minimum absolute atomic E-state index is 0.0507. The Bertz CT molecular complexity index is 1210. The SMILES string of the molecule is Cc1cnc(Nc2cnn(C3CC4CCC(C3)N4CC(F)(F)F)c2)nc1-c1ccc(C(=O)O)cc1. The van der Waals surface area contributed by atoms with Gasteiger partial charge in [-0.25, -0.2) is 14.8 Å². The minimum atomic E-state index is -4.18. The van der Waals surface area contributed by atoms with Crippen LogP contribution in [0.15, 0.2) is 42.9 Å². The molecule has 0 radical (unpaired) electrons. The van der Waals surface area contributed by atoms with Gasteiger partial charge < -0.3 is 10.4 Å². The van der Waals surface area contributed by atoms with E-state index in [1.165, 1.54) is 12.1 Å². The van der Waals surface area contributed by atoms with Crippen molar-refractivity contribution < 1.29 is 23.1 Å². The highest BCUT2D eigenvalue weighted by Crippen LogP contribution is 2.42. The van der Waals surface area contributed by atoms with Gasteiger partial charge >= 0.3 is 12.1 Å². The summed E-state index contributed by atoms with van der Waals surface area (Å²) in [5, 5.41) is 16.7. The van der Waals surface area contributed by atoms with Crippen molar-refractivity contribution in [2.75, 3.05) is 11.9 Å². The Morgan fingerprint density at radius 2 is 1.80 bits per heavy atom. The zero-order valence-corrected chi connectivity index (χ0v) is 19.0. The molecule has 2 atom stereocenters. The number of piperidine rings is 1. The van der Waals surface area contributed by atoms with Crippen LogP contribution in [0.5, 0.6) is 0 Å². The highest BCUT2D eigenvalue weighted by molar-refractivity contribution is 5.88. The summed E-state index contributed by atoms with van der Waals surface area (Å²) in [6.07, 6.45) is 3.88. The van der Waals surface area contributed by atoms with Crippen LogP contribution in [-0.2, 0) is 0 Å². The number of benzene rings is 1. The summed E-state index contributed by atoms with van der Waals surface area (Å²) < 4.78 is 40.7. The van der Waals surface area contributed by atoms with Crippen molar-refractivity contribution in [2.24, 2.45) is 0 Å². The van der Waals surface area contributed by atoms with Crippen LogP contribution in [0.25, 0.3) is 11.3 Å². The second-order valence-electron chi connectivity index (χ2n) is 9.24. The van der Waals surface area contributed by atoms with Crippen molar-refractivity contribution in [1.29, 1.82) is 0 Å². The molecule has 2 aliphatic heterocycles.